The maximum atomic E-state index is 14.7. The molecule has 1 unspecified atom stereocenters. The largest absolute Gasteiger partial charge is 0.494 e. The summed E-state index contributed by atoms with van der Waals surface area (Å²) in [6.07, 6.45) is 4.19. The Kier molecular flexibility index (Phi) is 11.5. The van der Waals surface area contributed by atoms with Crippen molar-refractivity contribution in [3.05, 3.63) is 125 Å². The molecule has 48 heavy (non-hydrogen) atoms. The van der Waals surface area contributed by atoms with Crippen molar-refractivity contribution in [3.63, 3.8) is 0 Å². The average Bonchev–Trinajstić information content (AvgIpc) is 3.59. The monoisotopic (exact) mass is 667 g/mol. The van der Waals surface area contributed by atoms with Crippen LogP contribution in [0.2, 0.25) is 0 Å². The van der Waals surface area contributed by atoms with Crippen molar-refractivity contribution in [2.45, 2.75) is 76.4 Å². The lowest BCUT2D eigenvalue weighted by molar-refractivity contribution is -0.140. The minimum Gasteiger partial charge on any atom is -0.494 e. The fraction of sp³-hybridized carbons (Fsp3) is 0.333. The van der Waals surface area contributed by atoms with E-state index in [2.05, 4.69) is 5.32 Å². The van der Waals surface area contributed by atoms with Crippen molar-refractivity contribution in [1.82, 2.24) is 10.2 Å². The second kappa shape index (κ2) is 16.0. The van der Waals surface area contributed by atoms with Gasteiger partial charge in [-0.2, -0.15) is 0 Å². The van der Waals surface area contributed by atoms with Crippen LogP contribution in [0.1, 0.15) is 54.9 Å². The standard InChI is InChI=1S/C39H45N3O5S/c1-4-47-35-21-23-36(24-22-35)48(45,46)42(34-19-17-29(2)18-20-34)28-38(43)41(27-32-14-10-11-30(3)25-32)37(26-31-12-6-5-7-13-31)39(44)40-33-15-8-9-16-33/h5-7,10-14,17-25,33,37H,4,8-9,15-16,26-28H2,1-3H3,(H,40,44). The minimum atomic E-state index is -4.20. The molecule has 0 saturated heterocycles. The third-order valence-corrected chi connectivity index (χ3v) is 10.5. The van der Waals surface area contributed by atoms with Crippen LogP contribution in [-0.4, -0.2) is 50.4 Å². The zero-order chi connectivity index (χ0) is 34.1. The molecule has 252 valence electrons. The van der Waals surface area contributed by atoms with Crippen molar-refractivity contribution in [1.29, 1.82) is 0 Å². The van der Waals surface area contributed by atoms with Gasteiger partial charge in [0, 0.05) is 19.0 Å². The molecule has 4 aromatic rings. The Balaban J connectivity index is 1.55. The maximum absolute atomic E-state index is 14.7. The van der Waals surface area contributed by atoms with Crippen LogP contribution in [0.5, 0.6) is 5.75 Å². The van der Waals surface area contributed by atoms with E-state index in [9.17, 15) is 18.0 Å². The Bertz CT molecular complexity index is 1770. The molecular weight excluding hydrogens is 623 g/mol. The number of carbonyl (C=O) groups is 2. The first-order valence-electron chi connectivity index (χ1n) is 16.7. The summed E-state index contributed by atoms with van der Waals surface area (Å²) in [4.78, 5) is 30.4. The number of hydrogen-bond donors (Lipinski definition) is 1. The molecule has 1 saturated carbocycles. The van der Waals surface area contributed by atoms with E-state index in [1.165, 1.54) is 12.1 Å². The van der Waals surface area contributed by atoms with Crippen molar-refractivity contribution < 1.29 is 22.7 Å². The van der Waals surface area contributed by atoms with Crippen LogP contribution in [0, 0.1) is 13.8 Å². The molecule has 9 heteroatoms. The second-order valence-electron chi connectivity index (χ2n) is 12.5. The molecule has 1 fully saturated rings. The van der Waals surface area contributed by atoms with Gasteiger partial charge in [-0.15, -0.1) is 0 Å². The van der Waals surface area contributed by atoms with Gasteiger partial charge in [-0.3, -0.25) is 13.9 Å². The Labute approximate surface area is 284 Å². The molecule has 1 atom stereocenters. The number of aryl methyl sites for hydroxylation is 2. The molecule has 4 aromatic carbocycles. The van der Waals surface area contributed by atoms with Crippen molar-refractivity contribution in [2.75, 3.05) is 17.5 Å². The first-order chi connectivity index (χ1) is 23.1. The first kappa shape index (κ1) is 34.7. The Morgan fingerprint density at radius 1 is 0.833 bits per heavy atom. The number of sulfonamides is 1. The van der Waals surface area contributed by atoms with Crippen LogP contribution in [-0.2, 0) is 32.6 Å². The number of benzene rings is 4. The lowest BCUT2D eigenvalue weighted by atomic mass is 10.0. The molecule has 1 aliphatic rings. The quantitative estimate of drug-likeness (QED) is 0.164. The molecule has 0 spiro atoms. The summed E-state index contributed by atoms with van der Waals surface area (Å²) in [7, 11) is -4.20. The number of anilines is 1. The van der Waals surface area contributed by atoms with Crippen LogP contribution in [0.4, 0.5) is 5.69 Å². The minimum absolute atomic E-state index is 0.0318. The zero-order valence-electron chi connectivity index (χ0n) is 28.0. The summed E-state index contributed by atoms with van der Waals surface area (Å²) in [6.45, 7) is 5.85. The molecule has 0 bridgehead atoms. The highest BCUT2D eigenvalue weighted by molar-refractivity contribution is 7.92. The van der Waals surface area contributed by atoms with E-state index >= 15 is 0 Å². The predicted octanol–water partition coefficient (Wildman–Crippen LogP) is 6.60. The van der Waals surface area contributed by atoms with Gasteiger partial charge in [0.1, 0.15) is 18.3 Å². The van der Waals surface area contributed by atoms with Crippen LogP contribution in [0.25, 0.3) is 0 Å². The SMILES string of the molecule is CCOc1ccc(S(=O)(=O)N(CC(=O)N(Cc2cccc(C)c2)C(Cc2ccccc2)C(=O)NC2CCCC2)c2ccc(C)cc2)cc1. The van der Waals surface area contributed by atoms with Gasteiger partial charge in [0.05, 0.1) is 17.2 Å². The summed E-state index contributed by atoms with van der Waals surface area (Å²) in [5.41, 5.74) is 4.09. The van der Waals surface area contributed by atoms with E-state index < -0.39 is 28.5 Å². The number of nitrogens with zero attached hydrogens (tertiary/aromatic N) is 2. The Morgan fingerprint density at radius 2 is 1.50 bits per heavy atom. The molecule has 0 heterocycles. The number of nitrogens with one attached hydrogen (secondary N) is 1. The highest BCUT2D eigenvalue weighted by Crippen LogP contribution is 2.27. The summed E-state index contributed by atoms with van der Waals surface area (Å²) in [5.74, 6) is -0.159. The van der Waals surface area contributed by atoms with E-state index in [0.717, 1.165) is 52.2 Å². The zero-order valence-corrected chi connectivity index (χ0v) is 28.8. The first-order valence-corrected chi connectivity index (χ1v) is 18.1. The fourth-order valence-electron chi connectivity index (χ4n) is 6.17. The van der Waals surface area contributed by atoms with Gasteiger partial charge in [-0.1, -0.05) is 90.7 Å². The van der Waals surface area contributed by atoms with Crippen LogP contribution >= 0.6 is 0 Å². The molecular formula is C39H45N3O5S. The second-order valence-corrected chi connectivity index (χ2v) is 14.3. The van der Waals surface area contributed by atoms with Gasteiger partial charge in [-0.25, -0.2) is 8.42 Å². The molecule has 0 radical (unpaired) electrons. The Hall–Kier alpha value is -4.63. The van der Waals surface area contributed by atoms with Gasteiger partial charge in [0.25, 0.3) is 10.0 Å². The van der Waals surface area contributed by atoms with Gasteiger partial charge in [0.15, 0.2) is 0 Å². The van der Waals surface area contributed by atoms with Gasteiger partial charge in [-0.05, 0) is 81.1 Å². The lowest BCUT2D eigenvalue weighted by Crippen LogP contribution is -2.54. The Morgan fingerprint density at radius 3 is 2.15 bits per heavy atom. The maximum Gasteiger partial charge on any atom is 0.264 e. The van der Waals surface area contributed by atoms with E-state index in [-0.39, 0.29) is 29.8 Å². The molecule has 8 nitrogen and oxygen atoms in total. The van der Waals surface area contributed by atoms with Crippen molar-refractivity contribution in [3.8, 4) is 5.75 Å². The fourth-order valence-corrected chi connectivity index (χ4v) is 7.58. The van der Waals surface area contributed by atoms with E-state index in [1.54, 1.807) is 29.2 Å². The molecule has 2 amide bonds. The number of amides is 2. The normalized spacial score (nSPS) is 13.9. The topological polar surface area (TPSA) is 96.0 Å². The van der Waals surface area contributed by atoms with Gasteiger partial charge in [0.2, 0.25) is 11.8 Å². The highest BCUT2D eigenvalue weighted by atomic mass is 32.2. The van der Waals surface area contributed by atoms with Gasteiger partial charge >= 0.3 is 0 Å². The molecule has 5 rings (SSSR count). The smallest absolute Gasteiger partial charge is 0.264 e. The third-order valence-electron chi connectivity index (χ3n) is 8.73. The summed E-state index contributed by atoms with van der Waals surface area (Å²) in [6, 6.07) is 29.9. The van der Waals surface area contributed by atoms with E-state index in [1.807, 2.05) is 87.5 Å². The highest BCUT2D eigenvalue weighted by Gasteiger charge is 2.35. The number of ether oxygens (including phenoxy) is 1. The number of hydrogen-bond acceptors (Lipinski definition) is 5. The molecule has 1 aliphatic carbocycles. The molecule has 0 aromatic heterocycles. The number of carbonyl (C=O) groups excluding carboxylic acids is 2. The third kappa shape index (κ3) is 8.83. The van der Waals surface area contributed by atoms with Gasteiger partial charge < -0.3 is 15.0 Å². The average molecular weight is 668 g/mol. The summed E-state index contributed by atoms with van der Waals surface area (Å²) < 4.78 is 35.3. The van der Waals surface area contributed by atoms with Crippen LogP contribution in [0.15, 0.2) is 108 Å². The van der Waals surface area contributed by atoms with Crippen LogP contribution in [0.3, 0.4) is 0 Å². The molecule has 1 N–H and O–H groups in total. The summed E-state index contributed by atoms with van der Waals surface area (Å²) >= 11 is 0. The van der Waals surface area contributed by atoms with E-state index in [4.69, 9.17) is 4.74 Å². The van der Waals surface area contributed by atoms with E-state index in [0.29, 0.717) is 18.0 Å². The molecule has 0 aliphatic heterocycles. The summed E-state index contributed by atoms with van der Waals surface area (Å²) in [5, 5.41) is 3.22. The van der Waals surface area contributed by atoms with Crippen LogP contribution < -0.4 is 14.4 Å². The number of rotatable bonds is 14. The van der Waals surface area contributed by atoms with Crippen molar-refractivity contribution in [2.24, 2.45) is 0 Å². The predicted molar refractivity (Wildman–Crippen MR) is 189 cm³/mol. The van der Waals surface area contributed by atoms with Crippen molar-refractivity contribution >= 4 is 27.5 Å². The lowest BCUT2D eigenvalue weighted by Gasteiger charge is -2.34.